The highest BCUT2D eigenvalue weighted by Crippen LogP contribution is 2.65. The summed E-state index contributed by atoms with van der Waals surface area (Å²) < 4.78 is 4.68. The molecule has 4 aliphatic carbocycles. The van der Waals surface area contributed by atoms with E-state index in [4.69, 9.17) is 0 Å². The summed E-state index contributed by atoms with van der Waals surface area (Å²) in [4.78, 5) is 52.3. The van der Waals surface area contributed by atoms with Gasteiger partial charge in [-0.15, -0.1) is 0 Å². The fourth-order valence-corrected chi connectivity index (χ4v) is 6.01. The molecule has 7 rings (SSSR count). The first kappa shape index (κ1) is 19.9. The van der Waals surface area contributed by atoms with Crippen LogP contribution in [0, 0.1) is 35.5 Å². The van der Waals surface area contributed by atoms with Gasteiger partial charge in [-0.1, -0.05) is 18.2 Å². The van der Waals surface area contributed by atoms with E-state index in [9.17, 15) is 19.2 Å². The molecule has 6 atom stereocenters. The van der Waals surface area contributed by atoms with Gasteiger partial charge >= 0.3 is 5.97 Å². The van der Waals surface area contributed by atoms with E-state index in [1.165, 1.54) is 12.0 Å². The van der Waals surface area contributed by atoms with Crippen LogP contribution in [-0.4, -0.2) is 30.8 Å². The molecule has 2 saturated carbocycles. The molecule has 33 heavy (non-hydrogen) atoms. The Hall–Kier alpha value is -3.74. The van der Waals surface area contributed by atoms with E-state index in [1.54, 1.807) is 48.5 Å². The van der Waals surface area contributed by atoms with Crippen molar-refractivity contribution < 1.29 is 23.9 Å². The lowest BCUT2D eigenvalue weighted by Crippen LogP contribution is -2.40. The minimum absolute atomic E-state index is 0.148. The molecule has 2 aromatic rings. The second kappa shape index (κ2) is 7.13. The van der Waals surface area contributed by atoms with E-state index < -0.39 is 5.97 Å². The standard InChI is InChI=1S/C26H22N2O5/c1-33-26(32)13-5-7-15(8-6-13)27-23(29)14-3-2-4-16(11-14)28-24(30)21-17-9-10-18(20-12-19(17)20)22(21)25(28)31/h2-11,17-22H,12H2,1H3,(H,27,29)/t17-,18-,19-,20+,21+,22+/m0/s1. The predicted octanol–water partition coefficient (Wildman–Crippen LogP) is 3.28. The van der Waals surface area contributed by atoms with Crippen LogP contribution in [0.4, 0.5) is 11.4 Å². The molecule has 0 spiro atoms. The minimum atomic E-state index is -0.456. The lowest BCUT2D eigenvalue weighted by molar-refractivity contribution is -0.124. The van der Waals surface area contributed by atoms with Crippen LogP contribution < -0.4 is 10.2 Å². The molecular formula is C26H22N2O5. The van der Waals surface area contributed by atoms with E-state index >= 15 is 0 Å². The maximum Gasteiger partial charge on any atom is 0.337 e. The topological polar surface area (TPSA) is 92.8 Å². The predicted molar refractivity (Wildman–Crippen MR) is 119 cm³/mol. The highest BCUT2D eigenvalue weighted by molar-refractivity contribution is 6.23. The van der Waals surface area contributed by atoms with Crippen LogP contribution >= 0.6 is 0 Å². The number of hydrogen-bond donors (Lipinski definition) is 1. The Bertz CT molecular complexity index is 1200. The zero-order valence-electron chi connectivity index (χ0n) is 17.9. The van der Waals surface area contributed by atoms with E-state index in [1.807, 2.05) is 0 Å². The van der Waals surface area contributed by atoms with Crippen molar-refractivity contribution in [1.82, 2.24) is 0 Å². The second-order valence-electron chi connectivity index (χ2n) is 9.24. The Balaban J connectivity index is 1.23. The molecule has 5 aliphatic rings. The SMILES string of the molecule is COC(=O)c1ccc(NC(=O)c2cccc(N3C(=O)[C@@H]4[C@H]5C=C[C@@H]([C@@H]6C[C@H]56)[C@H]4C3=O)c2)cc1. The fraction of sp³-hybridized carbons (Fsp3) is 0.308. The number of hydrogen-bond acceptors (Lipinski definition) is 5. The molecule has 1 saturated heterocycles. The molecule has 166 valence electrons. The first-order valence-electron chi connectivity index (χ1n) is 11.1. The van der Waals surface area contributed by atoms with E-state index in [-0.39, 0.29) is 41.4 Å². The average Bonchev–Trinajstić information content (AvgIpc) is 3.62. The number of imide groups is 1. The summed E-state index contributed by atoms with van der Waals surface area (Å²) in [6, 6.07) is 13.0. The lowest BCUT2D eigenvalue weighted by Gasteiger charge is -2.37. The quantitative estimate of drug-likeness (QED) is 0.446. The van der Waals surface area contributed by atoms with E-state index in [0.29, 0.717) is 34.3 Å². The van der Waals surface area contributed by atoms with Crippen LogP contribution in [0.1, 0.15) is 27.1 Å². The van der Waals surface area contributed by atoms with Crippen LogP contribution in [0.5, 0.6) is 0 Å². The van der Waals surface area contributed by atoms with Gasteiger partial charge in [-0.05, 0) is 72.6 Å². The number of methoxy groups -OCH3 is 1. The zero-order valence-corrected chi connectivity index (χ0v) is 17.9. The van der Waals surface area contributed by atoms with Gasteiger partial charge in [0.1, 0.15) is 0 Å². The molecule has 7 nitrogen and oxygen atoms in total. The third-order valence-electron chi connectivity index (χ3n) is 7.59. The van der Waals surface area contributed by atoms with E-state index in [2.05, 4.69) is 22.2 Å². The maximum absolute atomic E-state index is 13.3. The molecule has 2 bridgehead atoms. The third kappa shape index (κ3) is 2.95. The summed E-state index contributed by atoms with van der Waals surface area (Å²) in [7, 11) is 1.31. The Labute approximate surface area is 190 Å². The fourth-order valence-electron chi connectivity index (χ4n) is 6.01. The number of rotatable bonds is 4. The number of allylic oxidation sites excluding steroid dienone is 2. The Morgan fingerprint density at radius 2 is 1.55 bits per heavy atom. The van der Waals surface area contributed by atoms with Gasteiger partial charge in [-0.2, -0.15) is 0 Å². The summed E-state index contributed by atoms with van der Waals surface area (Å²) >= 11 is 0. The van der Waals surface area contributed by atoms with Gasteiger partial charge < -0.3 is 10.1 Å². The Kier molecular flexibility index (Phi) is 4.30. The van der Waals surface area contributed by atoms with Crippen LogP contribution in [0.25, 0.3) is 0 Å². The lowest BCUT2D eigenvalue weighted by atomic mass is 9.63. The van der Waals surface area contributed by atoms with Crippen LogP contribution in [0.15, 0.2) is 60.7 Å². The van der Waals surface area contributed by atoms with Gasteiger partial charge in [0, 0.05) is 11.3 Å². The van der Waals surface area contributed by atoms with Crippen LogP contribution in [0.2, 0.25) is 0 Å². The van der Waals surface area contributed by atoms with Crippen LogP contribution in [-0.2, 0) is 14.3 Å². The van der Waals surface area contributed by atoms with Crippen molar-refractivity contribution >= 4 is 35.1 Å². The summed E-state index contributed by atoms with van der Waals surface area (Å²) in [6.45, 7) is 0. The molecular weight excluding hydrogens is 420 g/mol. The number of carbonyl (C=O) groups excluding carboxylic acids is 4. The molecule has 1 heterocycles. The smallest absolute Gasteiger partial charge is 0.337 e. The van der Waals surface area contributed by atoms with Gasteiger partial charge in [0.15, 0.2) is 0 Å². The van der Waals surface area contributed by atoms with Gasteiger partial charge in [-0.3, -0.25) is 14.4 Å². The number of esters is 1. The van der Waals surface area contributed by atoms with Crippen molar-refractivity contribution in [2.24, 2.45) is 35.5 Å². The average molecular weight is 442 g/mol. The molecule has 0 unspecified atom stereocenters. The molecule has 3 fully saturated rings. The first-order valence-corrected chi connectivity index (χ1v) is 11.1. The van der Waals surface area contributed by atoms with Crippen molar-refractivity contribution in [3.8, 4) is 0 Å². The molecule has 0 aromatic heterocycles. The number of anilines is 2. The number of ether oxygens (including phenoxy) is 1. The molecule has 1 N–H and O–H groups in total. The highest BCUT2D eigenvalue weighted by Gasteiger charge is 2.67. The molecule has 3 amide bonds. The molecule has 2 aromatic carbocycles. The van der Waals surface area contributed by atoms with Gasteiger partial charge in [0.05, 0.1) is 30.2 Å². The molecule has 0 radical (unpaired) electrons. The number of nitrogens with one attached hydrogen (secondary N) is 1. The molecule has 1 aliphatic heterocycles. The number of amides is 3. The number of benzene rings is 2. The third-order valence-corrected chi connectivity index (χ3v) is 7.59. The van der Waals surface area contributed by atoms with Crippen LogP contribution in [0.3, 0.4) is 0 Å². The summed E-state index contributed by atoms with van der Waals surface area (Å²) in [6.07, 6.45) is 5.40. The van der Waals surface area contributed by atoms with Crippen molar-refractivity contribution in [2.75, 3.05) is 17.3 Å². The van der Waals surface area contributed by atoms with Crippen molar-refractivity contribution in [1.29, 1.82) is 0 Å². The highest BCUT2D eigenvalue weighted by atomic mass is 16.5. The number of nitrogens with zero attached hydrogens (tertiary/aromatic N) is 1. The first-order chi connectivity index (χ1) is 16.0. The van der Waals surface area contributed by atoms with Gasteiger partial charge in [-0.25, -0.2) is 9.69 Å². The summed E-state index contributed by atoms with van der Waals surface area (Å²) in [5.41, 5.74) is 1.66. The molecule has 7 heteroatoms. The van der Waals surface area contributed by atoms with Gasteiger partial charge in [0.2, 0.25) is 11.8 Å². The zero-order chi connectivity index (χ0) is 22.9. The van der Waals surface area contributed by atoms with Crippen molar-refractivity contribution in [3.63, 3.8) is 0 Å². The van der Waals surface area contributed by atoms with Crippen molar-refractivity contribution in [3.05, 3.63) is 71.8 Å². The summed E-state index contributed by atoms with van der Waals surface area (Å²) in [5.74, 6) is -0.275. The normalized spacial score (nSPS) is 30.6. The second-order valence-corrected chi connectivity index (χ2v) is 9.24. The monoisotopic (exact) mass is 442 g/mol. The maximum atomic E-state index is 13.3. The Morgan fingerprint density at radius 1 is 0.909 bits per heavy atom. The Morgan fingerprint density at radius 3 is 2.15 bits per heavy atom. The largest absolute Gasteiger partial charge is 0.465 e. The van der Waals surface area contributed by atoms with E-state index in [0.717, 1.165) is 6.42 Å². The van der Waals surface area contributed by atoms with Crippen molar-refractivity contribution in [2.45, 2.75) is 6.42 Å². The van der Waals surface area contributed by atoms with Gasteiger partial charge in [0.25, 0.3) is 5.91 Å². The number of carbonyl (C=O) groups is 4. The summed E-state index contributed by atoms with van der Waals surface area (Å²) in [5, 5.41) is 2.78. The minimum Gasteiger partial charge on any atom is -0.465 e.